The van der Waals surface area contributed by atoms with Gasteiger partial charge in [-0.25, -0.2) is 0 Å². The zero-order chi connectivity index (χ0) is 8.36. The molecule has 0 fully saturated rings. The van der Waals surface area contributed by atoms with Gasteiger partial charge in [0.25, 0.3) is 0 Å². The van der Waals surface area contributed by atoms with E-state index in [0.29, 0.717) is 6.54 Å². The maximum atomic E-state index is 5.07. The van der Waals surface area contributed by atoms with Crippen LogP contribution in [0.4, 0.5) is 0 Å². The molecule has 0 heterocycles. The fourth-order valence-corrected chi connectivity index (χ4v) is 1.64. The van der Waals surface area contributed by atoms with Crippen molar-refractivity contribution in [2.24, 2.45) is 0 Å². The number of terminal acetylenes is 1. The molecule has 1 nitrogen and oxygen atoms in total. The lowest BCUT2D eigenvalue weighted by atomic mass is 10.4. The van der Waals surface area contributed by atoms with E-state index in [-0.39, 0.29) is 0 Å². The Kier molecular flexibility index (Phi) is 9.75. The number of rotatable bonds is 7. The van der Waals surface area contributed by atoms with E-state index in [2.05, 4.69) is 18.2 Å². The molecule has 0 spiro atoms. The second-order valence-electron chi connectivity index (χ2n) is 2.35. The maximum absolute atomic E-state index is 5.07. The van der Waals surface area contributed by atoms with Crippen molar-refractivity contribution >= 4 is 11.8 Å². The van der Waals surface area contributed by atoms with Crippen LogP contribution in [0.3, 0.4) is 0 Å². The summed E-state index contributed by atoms with van der Waals surface area (Å²) in [7, 11) is 0. The van der Waals surface area contributed by atoms with Gasteiger partial charge in [0.05, 0.1) is 6.54 Å². The molecule has 0 rings (SSSR count). The smallest absolute Gasteiger partial charge is 0.0574 e. The topological polar surface area (TPSA) is 12.0 Å². The lowest BCUT2D eigenvalue weighted by molar-refractivity contribution is 0.816. The Balaban J connectivity index is 2.75. The second kappa shape index (κ2) is 9.87. The molecular formula is C9H17NS. The van der Waals surface area contributed by atoms with Crippen LogP contribution in [-0.2, 0) is 0 Å². The van der Waals surface area contributed by atoms with Crippen LogP contribution in [0, 0.1) is 12.3 Å². The van der Waals surface area contributed by atoms with Gasteiger partial charge in [-0.1, -0.05) is 19.3 Å². The van der Waals surface area contributed by atoms with Crippen LogP contribution in [0.2, 0.25) is 0 Å². The standard InChI is InChI=1S/C9H17NS/c1-3-5-8-11-9-7-10-6-4-2/h2,10H,3,5-9H2,1H3. The molecule has 1 N–H and O–H groups in total. The van der Waals surface area contributed by atoms with Crippen LogP contribution in [0.25, 0.3) is 0 Å². The summed E-state index contributed by atoms with van der Waals surface area (Å²) in [6.45, 7) is 3.96. The van der Waals surface area contributed by atoms with Gasteiger partial charge >= 0.3 is 0 Å². The molecule has 0 aliphatic carbocycles. The van der Waals surface area contributed by atoms with Gasteiger partial charge in [-0.05, 0) is 12.2 Å². The van der Waals surface area contributed by atoms with E-state index in [4.69, 9.17) is 6.42 Å². The summed E-state index contributed by atoms with van der Waals surface area (Å²) in [4.78, 5) is 0. The molecule has 0 atom stereocenters. The number of unbranched alkanes of at least 4 members (excludes halogenated alkanes) is 1. The summed E-state index contributed by atoms with van der Waals surface area (Å²) >= 11 is 2.00. The summed E-state index contributed by atoms with van der Waals surface area (Å²) in [5, 5.41) is 3.16. The van der Waals surface area contributed by atoms with Crippen molar-refractivity contribution in [1.29, 1.82) is 0 Å². The molecule has 0 unspecified atom stereocenters. The predicted molar refractivity (Wildman–Crippen MR) is 53.9 cm³/mol. The van der Waals surface area contributed by atoms with Crippen molar-refractivity contribution < 1.29 is 0 Å². The van der Waals surface area contributed by atoms with Crippen molar-refractivity contribution in [3.05, 3.63) is 0 Å². The Labute approximate surface area is 74.3 Å². The van der Waals surface area contributed by atoms with Crippen LogP contribution in [-0.4, -0.2) is 24.6 Å². The van der Waals surface area contributed by atoms with Gasteiger partial charge in [0.1, 0.15) is 0 Å². The first kappa shape index (κ1) is 10.9. The van der Waals surface area contributed by atoms with Gasteiger partial charge in [0.15, 0.2) is 0 Å². The highest BCUT2D eigenvalue weighted by Gasteiger charge is 1.87. The minimum atomic E-state index is 0.703. The summed E-state index contributed by atoms with van der Waals surface area (Å²) in [5.41, 5.74) is 0. The average molecular weight is 171 g/mol. The average Bonchev–Trinajstić information content (AvgIpc) is 2.03. The van der Waals surface area contributed by atoms with E-state index in [1.807, 2.05) is 11.8 Å². The first-order valence-electron chi connectivity index (χ1n) is 4.13. The highest BCUT2D eigenvalue weighted by molar-refractivity contribution is 7.99. The third-order valence-corrected chi connectivity index (χ3v) is 2.36. The molecule has 0 amide bonds. The molecule has 0 radical (unpaired) electrons. The van der Waals surface area contributed by atoms with Gasteiger partial charge in [-0.3, -0.25) is 0 Å². The zero-order valence-electron chi connectivity index (χ0n) is 7.23. The fraction of sp³-hybridized carbons (Fsp3) is 0.778. The van der Waals surface area contributed by atoms with E-state index in [9.17, 15) is 0 Å². The molecule has 11 heavy (non-hydrogen) atoms. The summed E-state index contributed by atoms with van der Waals surface area (Å²) in [6.07, 6.45) is 7.70. The van der Waals surface area contributed by atoms with Gasteiger partial charge in [-0.15, -0.1) is 6.42 Å². The van der Waals surface area contributed by atoms with Crippen LogP contribution in [0.5, 0.6) is 0 Å². The molecule has 2 heteroatoms. The van der Waals surface area contributed by atoms with Gasteiger partial charge in [-0.2, -0.15) is 11.8 Å². The van der Waals surface area contributed by atoms with Crippen molar-refractivity contribution in [3.8, 4) is 12.3 Å². The van der Waals surface area contributed by atoms with Crippen molar-refractivity contribution in [1.82, 2.24) is 5.32 Å². The highest BCUT2D eigenvalue weighted by Crippen LogP contribution is 2.02. The Morgan fingerprint density at radius 3 is 2.91 bits per heavy atom. The first-order chi connectivity index (χ1) is 5.41. The van der Waals surface area contributed by atoms with E-state index < -0.39 is 0 Å². The molecule has 0 aromatic rings. The monoisotopic (exact) mass is 171 g/mol. The van der Waals surface area contributed by atoms with Crippen molar-refractivity contribution in [3.63, 3.8) is 0 Å². The van der Waals surface area contributed by atoms with E-state index in [1.165, 1.54) is 24.3 Å². The Bertz CT molecular complexity index is 107. The van der Waals surface area contributed by atoms with E-state index in [1.54, 1.807) is 0 Å². The molecule has 64 valence electrons. The summed E-state index contributed by atoms with van der Waals surface area (Å²) in [5.74, 6) is 5.02. The Hall–Kier alpha value is -0.130. The highest BCUT2D eigenvalue weighted by atomic mass is 32.2. The SMILES string of the molecule is C#CCNCCSCCCC. The first-order valence-corrected chi connectivity index (χ1v) is 5.29. The second-order valence-corrected chi connectivity index (χ2v) is 3.57. The molecule has 0 aromatic heterocycles. The van der Waals surface area contributed by atoms with Gasteiger partial charge in [0.2, 0.25) is 0 Å². The molecule has 0 aliphatic rings. The molecule has 0 saturated carbocycles. The van der Waals surface area contributed by atoms with Crippen LogP contribution in [0.1, 0.15) is 19.8 Å². The number of thioether (sulfide) groups is 1. The Morgan fingerprint density at radius 2 is 2.27 bits per heavy atom. The van der Waals surface area contributed by atoms with Crippen LogP contribution in [0.15, 0.2) is 0 Å². The largest absolute Gasteiger partial charge is 0.305 e. The van der Waals surface area contributed by atoms with E-state index in [0.717, 1.165) is 6.54 Å². The molecular weight excluding hydrogens is 154 g/mol. The lowest BCUT2D eigenvalue weighted by Gasteiger charge is -1.99. The van der Waals surface area contributed by atoms with Crippen molar-refractivity contribution in [2.45, 2.75) is 19.8 Å². The quantitative estimate of drug-likeness (QED) is 0.462. The van der Waals surface area contributed by atoms with Crippen LogP contribution < -0.4 is 5.32 Å². The van der Waals surface area contributed by atoms with Gasteiger partial charge in [0, 0.05) is 12.3 Å². The molecule has 0 aliphatic heterocycles. The zero-order valence-corrected chi connectivity index (χ0v) is 8.04. The number of nitrogens with one attached hydrogen (secondary N) is 1. The third kappa shape index (κ3) is 9.87. The lowest BCUT2D eigenvalue weighted by Crippen LogP contribution is -2.17. The van der Waals surface area contributed by atoms with Crippen LogP contribution >= 0.6 is 11.8 Å². The fourth-order valence-electron chi connectivity index (χ4n) is 0.653. The number of hydrogen-bond acceptors (Lipinski definition) is 2. The predicted octanol–water partition coefficient (Wildman–Crippen LogP) is 1.74. The third-order valence-electron chi connectivity index (χ3n) is 1.29. The van der Waals surface area contributed by atoms with Crippen molar-refractivity contribution in [2.75, 3.05) is 24.6 Å². The molecule has 0 aromatic carbocycles. The summed E-state index contributed by atoms with van der Waals surface area (Å²) < 4.78 is 0. The number of hydrogen-bond donors (Lipinski definition) is 1. The molecule has 0 saturated heterocycles. The minimum Gasteiger partial charge on any atom is -0.305 e. The van der Waals surface area contributed by atoms with Gasteiger partial charge < -0.3 is 5.32 Å². The van der Waals surface area contributed by atoms with E-state index >= 15 is 0 Å². The maximum Gasteiger partial charge on any atom is 0.0574 e. The Morgan fingerprint density at radius 1 is 1.45 bits per heavy atom. The minimum absolute atomic E-state index is 0.703. The normalized spacial score (nSPS) is 9.45. The summed E-state index contributed by atoms with van der Waals surface area (Å²) in [6, 6.07) is 0. The molecule has 0 bridgehead atoms.